The SMILES string of the molecule is CCOC(=O)[C@H](Cc1ccccc1)C[C@@H](Cc1ccccc1)C(=O)ON(Cc1ccccc1)[C@@H](CO)C(=O)O. The number of hydroxylamine groups is 2. The van der Waals surface area contributed by atoms with E-state index in [4.69, 9.17) is 9.57 Å². The van der Waals surface area contributed by atoms with Crippen LogP contribution in [0.25, 0.3) is 0 Å². The molecule has 3 atom stereocenters. The molecule has 8 heteroatoms. The number of nitrogens with zero attached hydrogens (tertiary/aromatic N) is 1. The maximum Gasteiger partial charge on any atom is 0.328 e. The highest BCUT2D eigenvalue weighted by Gasteiger charge is 2.34. The summed E-state index contributed by atoms with van der Waals surface area (Å²) in [4.78, 5) is 44.2. The minimum atomic E-state index is -1.46. The van der Waals surface area contributed by atoms with E-state index in [0.29, 0.717) is 12.0 Å². The highest BCUT2D eigenvalue weighted by molar-refractivity contribution is 5.77. The molecular formula is C31H35NO7. The third-order valence-corrected chi connectivity index (χ3v) is 6.37. The van der Waals surface area contributed by atoms with E-state index in [0.717, 1.165) is 16.2 Å². The maximum atomic E-state index is 13.7. The molecule has 0 amide bonds. The van der Waals surface area contributed by atoms with Crippen molar-refractivity contribution in [3.8, 4) is 0 Å². The van der Waals surface area contributed by atoms with E-state index in [1.54, 1.807) is 31.2 Å². The highest BCUT2D eigenvalue weighted by atomic mass is 16.7. The van der Waals surface area contributed by atoms with Gasteiger partial charge in [0.25, 0.3) is 0 Å². The van der Waals surface area contributed by atoms with Crippen molar-refractivity contribution in [1.82, 2.24) is 5.06 Å². The Balaban J connectivity index is 1.89. The van der Waals surface area contributed by atoms with Crippen LogP contribution in [-0.2, 0) is 43.3 Å². The first-order chi connectivity index (χ1) is 18.9. The molecule has 3 aromatic rings. The number of carbonyl (C=O) groups is 3. The summed E-state index contributed by atoms with van der Waals surface area (Å²) in [6.45, 7) is 1.15. The number of aliphatic hydroxyl groups excluding tert-OH is 1. The predicted molar refractivity (Wildman–Crippen MR) is 145 cm³/mol. The summed E-state index contributed by atoms with van der Waals surface area (Å²) >= 11 is 0. The van der Waals surface area contributed by atoms with Crippen molar-refractivity contribution in [2.45, 2.75) is 38.8 Å². The Hall–Kier alpha value is -4.01. The zero-order valence-electron chi connectivity index (χ0n) is 22.0. The molecule has 39 heavy (non-hydrogen) atoms. The van der Waals surface area contributed by atoms with E-state index in [2.05, 4.69) is 0 Å². The van der Waals surface area contributed by atoms with Gasteiger partial charge >= 0.3 is 17.9 Å². The van der Waals surface area contributed by atoms with E-state index in [1.807, 2.05) is 66.7 Å². The lowest BCUT2D eigenvalue weighted by Gasteiger charge is -2.29. The van der Waals surface area contributed by atoms with Crippen LogP contribution >= 0.6 is 0 Å². The predicted octanol–water partition coefficient (Wildman–Crippen LogP) is 4.06. The monoisotopic (exact) mass is 533 g/mol. The van der Waals surface area contributed by atoms with Crippen LogP contribution in [0.1, 0.15) is 30.0 Å². The summed E-state index contributed by atoms with van der Waals surface area (Å²) in [6.07, 6.45) is 0.790. The van der Waals surface area contributed by atoms with Gasteiger partial charge in [0.2, 0.25) is 0 Å². The molecule has 3 rings (SSSR count). The Morgan fingerprint density at radius 1 is 0.744 bits per heavy atom. The molecule has 3 aromatic carbocycles. The van der Waals surface area contributed by atoms with Crippen LogP contribution in [0.4, 0.5) is 0 Å². The molecule has 0 aliphatic heterocycles. The van der Waals surface area contributed by atoms with Crippen molar-refractivity contribution >= 4 is 17.9 Å². The lowest BCUT2D eigenvalue weighted by Crippen LogP contribution is -2.45. The first-order valence-electron chi connectivity index (χ1n) is 13.0. The van der Waals surface area contributed by atoms with E-state index in [1.165, 1.54) is 0 Å². The smallest absolute Gasteiger partial charge is 0.328 e. The fourth-order valence-corrected chi connectivity index (χ4v) is 4.38. The van der Waals surface area contributed by atoms with Gasteiger partial charge in [-0.3, -0.25) is 14.4 Å². The molecule has 2 N–H and O–H groups in total. The largest absolute Gasteiger partial charge is 0.480 e. The molecule has 8 nitrogen and oxygen atoms in total. The molecule has 0 heterocycles. The molecule has 0 saturated heterocycles. The van der Waals surface area contributed by atoms with Gasteiger partial charge < -0.3 is 19.8 Å². The fourth-order valence-electron chi connectivity index (χ4n) is 4.38. The van der Waals surface area contributed by atoms with E-state index >= 15 is 0 Å². The van der Waals surface area contributed by atoms with Crippen LogP contribution < -0.4 is 0 Å². The number of aliphatic carboxylic acids is 1. The zero-order chi connectivity index (χ0) is 28.0. The number of ether oxygens (including phenoxy) is 1. The maximum absolute atomic E-state index is 13.7. The van der Waals surface area contributed by atoms with Crippen LogP contribution in [0.2, 0.25) is 0 Å². The van der Waals surface area contributed by atoms with Crippen LogP contribution in [0.15, 0.2) is 91.0 Å². The number of carbonyl (C=O) groups excluding carboxylic acids is 2. The normalized spacial score (nSPS) is 13.3. The van der Waals surface area contributed by atoms with Gasteiger partial charge in [-0.25, -0.2) is 0 Å². The molecule has 0 spiro atoms. The van der Waals surface area contributed by atoms with Crippen molar-refractivity contribution in [3.63, 3.8) is 0 Å². The molecular weight excluding hydrogens is 498 g/mol. The minimum absolute atomic E-state index is 0.0342. The average Bonchev–Trinajstić information content (AvgIpc) is 2.94. The summed E-state index contributed by atoms with van der Waals surface area (Å²) in [5, 5.41) is 20.5. The molecule has 0 bridgehead atoms. The molecule has 0 aliphatic rings. The topological polar surface area (TPSA) is 113 Å². The Morgan fingerprint density at radius 2 is 1.21 bits per heavy atom. The number of carboxylic acids is 1. The Bertz CT molecular complexity index is 1170. The zero-order valence-corrected chi connectivity index (χ0v) is 22.0. The summed E-state index contributed by atoms with van der Waals surface area (Å²) in [5.74, 6) is -3.82. The highest BCUT2D eigenvalue weighted by Crippen LogP contribution is 2.25. The molecule has 0 saturated carbocycles. The van der Waals surface area contributed by atoms with E-state index in [9.17, 15) is 24.6 Å². The second kappa shape index (κ2) is 15.4. The van der Waals surface area contributed by atoms with Crippen LogP contribution in [0.3, 0.4) is 0 Å². The molecule has 0 aromatic heterocycles. The summed E-state index contributed by atoms with van der Waals surface area (Å²) < 4.78 is 5.34. The second-order valence-electron chi connectivity index (χ2n) is 9.27. The molecule has 0 radical (unpaired) electrons. The standard InChI is InChI=1S/C31H35NO7/c1-2-38-30(36)26(18-23-12-6-3-7-13-23)20-27(19-24-14-8-4-9-15-24)31(37)39-32(28(22-33)29(34)35)21-25-16-10-5-11-17-25/h3-17,26-28,33H,2,18-22H2,1H3,(H,34,35)/t26-,27-,28+/m1/s1. The molecule has 0 aliphatic carbocycles. The molecule has 0 unspecified atom stereocenters. The number of hydrogen-bond donors (Lipinski definition) is 2. The van der Waals surface area contributed by atoms with Crippen LogP contribution in [-0.4, -0.2) is 52.4 Å². The lowest BCUT2D eigenvalue weighted by molar-refractivity contribution is -0.218. The van der Waals surface area contributed by atoms with Crippen molar-refractivity contribution in [3.05, 3.63) is 108 Å². The Kier molecular flexibility index (Phi) is 11.7. The van der Waals surface area contributed by atoms with Gasteiger partial charge in [-0.15, -0.1) is 5.06 Å². The number of hydrogen-bond acceptors (Lipinski definition) is 7. The van der Waals surface area contributed by atoms with Gasteiger partial charge in [-0.2, -0.15) is 0 Å². The van der Waals surface area contributed by atoms with Crippen molar-refractivity contribution < 1.29 is 34.2 Å². The first kappa shape index (κ1) is 29.5. The third-order valence-electron chi connectivity index (χ3n) is 6.37. The summed E-state index contributed by atoms with van der Waals surface area (Å²) in [5.41, 5.74) is 2.51. The van der Waals surface area contributed by atoms with Gasteiger partial charge in [-0.05, 0) is 42.9 Å². The number of carboxylic acid groups (broad SMARTS) is 1. The Morgan fingerprint density at radius 3 is 1.64 bits per heavy atom. The van der Waals surface area contributed by atoms with E-state index in [-0.39, 0.29) is 26.0 Å². The third kappa shape index (κ3) is 9.35. The molecule has 206 valence electrons. The minimum Gasteiger partial charge on any atom is -0.480 e. The van der Waals surface area contributed by atoms with Gasteiger partial charge in [0.1, 0.15) is 0 Å². The van der Waals surface area contributed by atoms with Gasteiger partial charge in [0.15, 0.2) is 6.04 Å². The van der Waals surface area contributed by atoms with E-state index < -0.39 is 42.4 Å². The van der Waals surface area contributed by atoms with Crippen LogP contribution in [0, 0.1) is 11.8 Å². The summed E-state index contributed by atoms with van der Waals surface area (Å²) in [6, 6.07) is 26.3. The van der Waals surface area contributed by atoms with Gasteiger partial charge in [0.05, 0.1) is 31.6 Å². The average molecular weight is 534 g/mol. The van der Waals surface area contributed by atoms with Crippen molar-refractivity contribution in [1.29, 1.82) is 0 Å². The van der Waals surface area contributed by atoms with Crippen molar-refractivity contribution in [2.75, 3.05) is 13.2 Å². The molecule has 0 fully saturated rings. The first-order valence-corrected chi connectivity index (χ1v) is 13.0. The number of benzene rings is 3. The number of aliphatic hydroxyl groups is 1. The number of esters is 1. The Labute approximate surface area is 228 Å². The van der Waals surface area contributed by atoms with Gasteiger partial charge in [0, 0.05) is 0 Å². The lowest BCUT2D eigenvalue weighted by atomic mass is 9.86. The van der Waals surface area contributed by atoms with Gasteiger partial charge in [-0.1, -0.05) is 91.0 Å². The fraction of sp³-hybridized carbons (Fsp3) is 0.323. The number of rotatable bonds is 15. The van der Waals surface area contributed by atoms with Crippen molar-refractivity contribution in [2.24, 2.45) is 11.8 Å². The second-order valence-corrected chi connectivity index (χ2v) is 9.27. The van der Waals surface area contributed by atoms with Crippen LogP contribution in [0.5, 0.6) is 0 Å². The summed E-state index contributed by atoms with van der Waals surface area (Å²) in [7, 11) is 0. The quantitative estimate of drug-likeness (QED) is 0.222.